The molecule has 0 aliphatic carbocycles. The van der Waals surface area contributed by atoms with Gasteiger partial charge in [-0.3, -0.25) is 9.36 Å². The molecule has 0 aliphatic heterocycles. The zero-order chi connectivity index (χ0) is 20.9. The van der Waals surface area contributed by atoms with Gasteiger partial charge < -0.3 is 5.32 Å². The van der Waals surface area contributed by atoms with Gasteiger partial charge in [-0.2, -0.15) is 0 Å². The van der Waals surface area contributed by atoms with Crippen molar-refractivity contribution in [1.82, 2.24) is 20.1 Å². The van der Waals surface area contributed by atoms with Crippen LogP contribution >= 0.6 is 11.8 Å². The summed E-state index contributed by atoms with van der Waals surface area (Å²) in [5, 5.41) is 12.5. The summed E-state index contributed by atoms with van der Waals surface area (Å²) in [6.07, 6.45) is 2.70. The molecule has 1 amide bonds. The molecular formula is C22H32N4OS. The minimum absolute atomic E-state index is 0.00100. The predicted octanol–water partition coefficient (Wildman–Crippen LogP) is 4.83. The summed E-state index contributed by atoms with van der Waals surface area (Å²) in [6.45, 7) is 17.1. The molecule has 2 rings (SSSR count). The number of hydrogen-bond donors (Lipinski definition) is 1. The maximum Gasteiger partial charge on any atom is 0.230 e. The number of nitrogens with zero attached hydrogens (tertiary/aromatic N) is 3. The summed E-state index contributed by atoms with van der Waals surface area (Å²) in [5.74, 6) is 1.10. The SMILES string of the molecule is C=CCn1c(SCC(=O)NC(C)(C)CC)nnc1-c1ccc(C(C)(C)C)cc1. The van der Waals surface area contributed by atoms with E-state index in [0.29, 0.717) is 12.3 Å². The van der Waals surface area contributed by atoms with Gasteiger partial charge >= 0.3 is 0 Å². The zero-order valence-corrected chi connectivity index (χ0v) is 18.7. The largest absolute Gasteiger partial charge is 0.351 e. The van der Waals surface area contributed by atoms with Crippen molar-refractivity contribution in [1.29, 1.82) is 0 Å². The summed E-state index contributed by atoms with van der Waals surface area (Å²) < 4.78 is 2.00. The number of hydrogen-bond acceptors (Lipinski definition) is 4. The number of amides is 1. The highest BCUT2D eigenvalue weighted by Crippen LogP contribution is 2.27. The minimum Gasteiger partial charge on any atom is -0.351 e. The average Bonchev–Trinajstić information content (AvgIpc) is 3.02. The zero-order valence-electron chi connectivity index (χ0n) is 17.9. The Hall–Kier alpha value is -2.08. The first-order chi connectivity index (χ1) is 13.1. The van der Waals surface area contributed by atoms with E-state index in [4.69, 9.17) is 0 Å². The first-order valence-corrected chi connectivity index (χ1v) is 10.6. The molecule has 0 atom stereocenters. The van der Waals surface area contributed by atoms with Crippen LogP contribution in [-0.2, 0) is 16.8 Å². The summed E-state index contributed by atoms with van der Waals surface area (Å²) in [6, 6.07) is 8.43. The van der Waals surface area contributed by atoms with Crippen molar-refractivity contribution in [3.05, 3.63) is 42.5 Å². The average molecular weight is 401 g/mol. The number of benzene rings is 1. The smallest absolute Gasteiger partial charge is 0.230 e. The molecule has 6 heteroatoms. The number of carbonyl (C=O) groups excluding carboxylic acids is 1. The molecule has 0 fully saturated rings. The monoisotopic (exact) mass is 400 g/mol. The van der Waals surface area contributed by atoms with E-state index in [-0.39, 0.29) is 16.9 Å². The molecule has 1 aromatic carbocycles. The normalized spacial score (nSPS) is 12.1. The van der Waals surface area contributed by atoms with E-state index >= 15 is 0 Å². The Labute approximate surface area is 173 Å². The molecule has 0 radical (unpaired) electrons. The van der Waals surface area contributed by atoms with Gasteiger partial charge in [-0.05, 0) is 31.2 Å². The van der Waals surface area contributed by atoms with Crippen LogP contribution in [0.2, 0.25) is 0 Å². The lowest BCUT2D eigenvalue weighted by molar-refractivity contribution is -0.120. The van der Waals surface area contributed by atoms with E-state index in [1.165, 1.54) is 17.3 Å². The van der Waals surface area contributed by atoms with Crippen molar-refractivity contribution in [2.75, 3.05) is 5.75 Å². The van der Waals surface area contributed by atoms with Gasteiger partial charge in [-0.1, -0.05) is 69.8 Å². The Morgan fingerprint density at radius 3 is 2.36 bits per heavy atom. The Morgan fingerprint density at radius 2 is 1.82 bits per heavy atom. The van der Waals surface area contributed by atoms with Crippen LogP contribution < -0.4 is 5.32 Å². The number of allylic oxidation sites excluding steroid dienone is 1. The van der Waals surface area contributed by atoms with Gasteiger partial charge in [0.25, 0.3) is 0 Å². The van der Waals surface area contributed by atoms with Crippen LogP contribution in [0, 0.1) is 0 Å². The quantitative estimate of drug-likeness (QED) is 0.509. The number of carbonyl (C=O) groups is 1. The second-order valence-electron chi connectivity index (χ2n) is 8.61. The maximum absolute atomic E-state index is 12.3. The van der Waals surface area contributed by atoms with Crippen molar-refractivity contribution < 1.29 is 4.79 Å². The van der Waals surface area contributed by atoms with Crippen LogP contribution in [0.4, 0.5) is 0 Å². The molecule has 1 aromatic heterocycles. The second kappa shape index (κ2) is 8.95. The van der Waals surface area contributed by atoms with Crippen LogP contribution in [0.1, 0.15) is 53.5 Å². The third-order valence-corrected chi connectivity index (χ3v) is 5.70. The van der Waals surface area contributed by atoms with E-state index in [1.807, 2.05) is 24.5 Å². The molecule has 28 heavy (non-hydrogen) atoms. The van der Waals surface area contributed by atoms with Gasteiger partial charge in [-0.15, -0.1) is 16.8 Å². The van der Waals surface area contributed by atoms with E-state index in [2.05, 4.69) is 74.1 Å². The van der Waals surface area contributed by atoms with Crippen molar-refractivity contribution in [2.45, 2.75) is 70.6 Å². The number of rotatable bonds is 8. The molecule has 152 valence electrons. The number of thioether (sulfide) groups is 1. The molecule has 0 spiro atoms. The van der Waals surface area contributed by atoms with Gasteiger partial charge in [0.15, 0.2) is 11.0 Å². The van der Waals surface area contributed by atoms with Gasteiger partial charge in [0, 0.05) is 17.6 Å². The highest BCUT2D eigenvalue weighted by Gasteiger charge is 2.20. The van der Waals surface area contributed by atoms with Gasteiger partial charge in [0.2, 0.25) is 5.91 Å². The molecular weight excluding hydrogens is 368 g/mol. The predicted molar refractivity (Wildman–Crippen MR) is 118 cm³/mol. The van der Waals surface area contributed by atoms with E-state index in [1.54, 1.807) is 0 Å². The molecule has 0 unspecified atom stereocenters. The Kier molecular flexibility index (Phi) is 7.10. The summed E-state index contributed by atoms with van der Waals surface area (Å²) >= 11 is 1.40. The first kappa shape index (κ1) is 22.2. The number of aromatic nitrogens is 3. The van der Waals surface area contributed by atoms with Crippen LogP contribution in [0.3, 0.4) is 0 Å². The Balaban J connectivity index is 2.19. The fourth-order valence-electron chi connectivity index (χ4n) is 2.65. The maximum atomic E-state index is 12.3. The topological polar surface area (TPSA) is 59.8 Å². The van der Waals surface area contributed by atoms with Crippen molar-refractivity contribution in [3.8, 4) is 11.4 Å². The highest BCUT2D eigenvalue weighted by molar-refractivity contribution is 7.99. The molecule has 0 saturated heterocycles. The fraction of sp³-hybridized carbons (Fsp3) is 0.500. The van der Waals surface area contributed by atoms with Gasteiger partial charge in [-0.25, -0.2) is 0 Å². The third-order valence-electron chi connectivity index (χ3n) is 4.73. The lowest BCUT2D eigenvalue weighted by Crippen LogP contribution is -2.43. The molecule has 0 aliphatic rings. The van der Waals surface area contributed by atoms with E-state index < -0.39 is 0 Å². The summed E-state index contributed by atoms with van der Waals surface area (Å²) in [5.41, 5.74) is 2.18. The van der Waals surface area contributed by atoms with Crippen molar-refractivity contribution >= 4 is 17.7 Å². The second-order valence-corrected chi connectivity index (χ2v) is 9.55. The first-order valence-electron chi connectivity index (χ1n) is 9.66. The van der Waals surface area contributed by atoms with Crippen LogP contribution in [0.25, 0.3) is 11.4 Å². The highest BCUT2D eigenvalue weighted by atomic mass is 32.2. The summed E-state index contributed by atoms with van der Waals surface area (Å²) in [7, 11) is 0. The lowest BCUT2D eigenvalue weighted by atomic mass is 9.87. The minimum atomic E-state index is -0.202. The Bertz CT molecular complexity index is 816. The summed E-state index contributed by atoms with van der Waals surface area (Å²) in [4.78, 5) is 12.3. The lowest BCUT2D eigenvalue weighted by Gasteiger charge is -2.24. The van der Waals surface area contributed by atoms with E-state index in [9.17, 15) is 4.79 Å². The Morgan fingerprint density at radius 1 is 1.18 bits per heavy atom. The van der Waals surface area contributed by atoms with Crippen molar-refractivity contribution in [2.24, 2.45) is 0 Å². The molecule has 1 heterocycles. The van der Waals surface area contributed by atoms with Gasteiger partial charge in [0.1, 0.15) is 0 Å². The standard InChI is InChI=1S/C22H32N4OS/c1-8-14-26-19(16-10-12-17(13-11-16)21(3,4)5)24-25-20(26)28-15-18(27)23-22(6,7)9-2/h8,10-13H,1,9,14-15H2,2-7H3,(H,23,27). The molecule has 2 aromatic rings. The third kappa shape index (κ3) is 5.71. The van der Waals surface area contributed by atoms with Crippen molar-refractivity contribution in [3.63, 3.8) is 0 Å². The fourth-order valence-corrected chi connectivity index (χ4v) is 3.40. The molecule has 0 bridgehead atoms. The van der Waals surface area contributed by atoms with E-state index in [0.717, 1.165) is 23.0 Å². The molecule has 1 N–H and O–H groups in total. The van der Waals surface area contributed by atoms with Crippen LogP contribution in [0.5, 0.6) is 0 Å². The molecule has 0 saturated carbocycles. The van der Waals surface area contributed by atoms with Crippen LogP contribution in [-0.4, -0.2) is 32.0 Å². The number of nitrogens with one attached hydrogen (secondary N) is 1. The van der Waals surface area contributed by atoms with Gasteiger partial charge in [0.05, 0.1) is 5.75 Å². The molecule has 5 nitrogen and oxygen atoms in total. The van der Waals surface area contributed by atoms with Crippen LogP contribution in [0.15, 0.2) is 42.1 Å².